The summed E-state index contributed by atoms with van der Waals surface area (Å²) in [5, 5.41) is 0. The Morgan fingerprint density at radius 3 is 2.18 bits per heavy atom. The third-order valence-corrected chi connectivity index (χ3v) is 4.52. The highest BCUT2D eigenvalue weighted by Crippen LogP contribution is 2.15. The van der Waals surface area contributed by atoms with Crippen molar-refractivity contribution in [2.75, 3.05) is 19.0 Å². The number of anilines is 1. The molecule has 0 heterocycles. The van der Waals surface area contributed by atoms with Crippen molar-refractivity contribution in [1.29, 1.82) is 0 Å². The number of nitrogens with one attached hydrogen (secondary N) is 1. The van der Waals surface area contributed by atoms with Crippen molar-refractivity contribution in [2.24, 2.45) is 0 Å². The van der Waals surface area contributed by atoms with Crippen LogP contribution in [-0.2, 0) is 16.6 Å². The fourth-order valence-corrected chi connectivity index (χ4v) is 2.85. The van der Waals surface area contributed by atoms with Crippen LogP contribution in [0.5, 0.6) is 0 Å². The lowest BCUT2D eigenvalue weighted by molar-refractivity contribution is 0.504. The zero-order valence-electron chi connectivity index (χ0n) is 12.2. The lowest BCUT2D eigenvalue weighted by Gasteiger charge is -2.13. The number of halogens is 2. The van der Waals surface area contributed by atoms with Gasteiger partial charge in [-0.25, -0.2) is 21.9 Å². The van der Waals surface area contributed by atoms with Gasteiger partial charge in [-0.05, 0) is 35.9 Å². The van der Waals surface area contributed by atoms with Crippen LogP contribution in [-0.4, -0.2) is 22.5 Å². The Balaban J connectivity index is 2.10. The molecule has 0 amide bonds. The second-order valence-corrected chi connectivity index (χ2v) is 6.73. The molecule has 0 fully saturated rings. The van der Waals surface area contributed by atoms with Gasteiger partial charge in [-0.3, -0.25) is 0 Å². The van der Waals surface area contributed by atoms with Gasteiger partial charge in [0, 0.05) is 26.3 Å². The van der Waals surface area contributed by atoms with Crippen LogP contribution in [0.2, 0.25) is 0 Å². The van der Waals surface area contributed by atoms with Crippen molar-refractivity contribution in [1.82, 2.24) is 4.72 Å². The summed E-state index contributed by atoms with van der Waals surface area (Å²) in [6.45, 7) is 0.0645. The third-order valence-electron chi connectivity index (χ3n) is 3.12. The van der Waals surface area contributed by atoms with E-state index in [0.29, 0.717) is 6.07 Å². The summed E-state index contributed by atoms with van der Waals surface area (Å²) in [5.41, 5.74) is 1.75. The van der Waals surface area contributed by atoms with Gasteiger partial charge >= 0.3 is 0 Å². The highest BCUT2D eigenvalue weighted by molar-refractivity contribution is 7.89. The van der Waals surface area contributed by atoms with Crippen LogP contribution >= 0.6 is 0 Å². The Bertz CT molecular complexity index is 760. The molecule has 0 saturated carbocycles. The van der Waals surface area contributed by atoms with E-state index in [4.69, 9.17) is 0 Å². The van der Waals surface area contributed by atoms with Crippen LogP contribution in [0.4, 0.5) is 14.5 Å². The highest BCUT2D eigenvalue weighted by Gasteiger charge is 2.16. The molecular weight excluding hydrogens is 310 g/mol. The molecule has 0 radical (unpaired) electrons. The summed E-state index contributed by atoms with van der Waals surface area (Å²) in [4.78, 5) is 1.62. The summed E-state index contributed by atoms with van der Waals surface area (Å²) in [6.07, 6.45) is 0. The van der Waals surface area contributed by atoms with Gasteiger partial charge in [-0.15, -0.1) is 0 Å². The zero-order chi connectivity index (χ0) is 16.3. The van der Waals surface area contributed by atoms with Crippen LogP contribution in [0, 0.1) is 11.6 Å². The molecule has 0 bridgehead atoms. The molecule has 0 unspecified atom stereocenters. The van der Waals surface area contributed by atoms with Crippen LogP contribution in [0.15, 0.2) is 47.4 Å². The first-order valence-electron chi connectivity index (χ1n) is 6.50. The van der Waals surface area contributed by atoms with Gasteiger partial charge in [0.25, 0.3) is 0 Å². The minimum absolute atomic E-state index is 0.0645. The van der Waals surface area contributed by atoms with Crippen LogP contribution in [0.3, 0.4) is 0 Å². The summed E-state index contributed by atoms with van der Waals surface area (Å²) < 4.78 is 52.4. The van der Waals surface area contributed by atoms with Crippen molar-refractivity contribution in [3.63, 3.8) is 0 Å². The van der Waals surface area contributed by atoms with E-state index in [2.05, 4.69) is 4.72 Å². The Morgan fingerprint density at radius 2 is 1.64 bits per heavy atom. The molecule has 4 nitrogen and oxygen atoms in total. The summed E-state index contributed by atoms with van der Waals surface area (Å²) >= 11 is 0. The van der Waals surface area contributed by atoms with Crippen molar-refractivity contribution in [3.8, 4) is 0 Å². The fraction of sp³-hybridized carbons (Fsp3) is 0.200. The fourth-order valence-electron chi connectivity index (χ4n) is 1.82. The second kappa shape index (κ2) is 6.41. The topological polar surface area (TPSA) is 49.4 Å². The molecule has 0 aliphatic heterocycles. The largest absolute Gasteiger partial charge is 0.378 e. The van der Waals surface area contributed by atoms with E-state index < -0.39 is 21.7 Å². The molecular formula is C15H16F2N2O2S. The molecule has 22 heavy (non-hydrogen) atoms. The maximum atomic E-state index is 13.1. The highest BCUT2D eigenvalue weighted by atomic mass is 32.2. The minimum Gasteiger partial charge on any atom is -0.378 e. The quantitative estimate of drug-likeness (QED) is 0.918. The van der Waals surface area contributed by atoms with Gasteiger partial charge in [0.05, 0.1) is 4.90 Å². The maximum absolute atomic E-state index is 13.1. The van der Waals surface area contributed by atoms with E-state index in [1.165, 1.54) is 0 Å². The first kappa shape index (κ1) is 16.4. The SMILES string of the molecule is CN(C)c1ccc(CNS(=O)(=O)c2ccc(F)c(F)c2)cc1. The number of hydrogen-bond donors (Lipinski definition) is 1. The van der Waals surface area contributed by atoms with Gasteiger partial charge in [0.1, 0.15) is 0 Å². The molecule has 0 saturated heterocycles. The molecule has 0 aliphatic rings. The average Bonchev–Trinajstić information content (AvgIpc) is 2.48. The van der Waals surface area contributed by atoms with Gasteiger partial charge < -0.3 is 4.90 Å². The predicted molar refractivity (Wildman–Crippen MR) is 81.2 cm³/mol. The molecule has 1 N–H and O–H groups in total. The molecule has 0 aromatic heterocycles. The Hall–Kier alpha value is -1.99. The van der Waals surface area contributed by atoms with Crippen molar-refractivity contribution < 1.29 is 17.2 Å². The van der Waals surface area contributed by atoms with Gasteiger partial charge in [-0.2, -0.15) is 0 Å². The predicted octanol–water partition coefficient (Wildman–Crippen LogP) is 2.51. The van der Waals surface area contributed by atoms with Gasteiger partial charge in [0.15, 0.2) is 11.6 Å². The molecule has 0 atom stereocenters. The monoisotopic (exact) mass is 326 g/mol. The summed E-state index contributed by atoms with van der Waals surface area (Å²) in [7, 11) is -0.0841. The lowest BCUT2D eigenvalue weighted by Crippen LogP contribution is -2.23. The standard InChI is InChI=1S/C15H16F2N2O2S/c1-19(2)12-5-3-11(4-6-12)10-18-22(20,21)13-7-8-14(16)15(17)9-13/h3-9,18H,10H2,1-2H3. The summed E-state index contributed by atoms with van der Waals surface area (Å²) in [5.74, 6) is -2.28. The average molecular weight is 326 g/mol. The minimum atomic E-state index is -3.89. The first-order valence-corrected chi connectivity index (χ1v) is 7.99. The van der Waals surface area contributed by atoms with E-state index in [9.17, 15) is 17.2 Å². The third kappa shape index (κ3) is 3.80. The smallest absolute Gasteiger partial charge is 0.240 e. The molecule has 2 aromatic carbocycles. The molecule has 0 spiro atoms. The maximum Gasteiger partial charge on any atom is 0.240 e. The van der Waals surface area contributed by atoms with E-state index in [-0.39, 0.29) is 11.4 Å². The number of hydrogen-bond acceptors (Lipinski definition) is 3. The van der Waals surface area contributed by atoms with Crippen LogP contribution in [0.1, 0.15) is 5.56 Å². The van der Waals surface area contributed by atoms with Crippen molar-refractivity contribution in [2.45, 2.75) is 11.4 Å². The molecule has 2 rings (SSSR count). The number of sulfonamides is 1. The van der Waals surface area contributed by atoms with Crippen molar-refractivity contribution in [3.05, 3.63) is 59.7 Å². The van der Waals surface area contributed by atoms with Crippen LogP contribution < -0.4 is 9.62 Å². The van der Waals surface area contributed by atoms with Gasteiger partial charge in [-0.1, -0.05) is 12.1 Å². The second-order valence-electron chi connectivity index (χ2n) is 4.96. The lowest BCUT2D eigenvalue weighted by atomic mass is 10.2. The van der Waals surface area contributed by atoms with E-state index in [1.54, 1.807) is 12.1 Å². The molecule has 0 aliphatic carbocycles. The molecule has 118 valence electrons. The number of nitrogens with zero attached hydrogens (tertiary/aromatic N) is 1. The van der Waals surface area contributed by atoms with Gasteiger partial charge in [0.2, 0.25) is 10.0 Å². The Labute approximate surface area is 128 Å². The number of benzene rings is 2. The Kier molecular flexibility index (Phi) is 4.77. The number of rotatable bonds is 5. The summed E-state index contributed by atoms with van der Waals surface area (Å²) in [6, 6.07) is 9.78. The van der Waals surface area contributed by atoms with E-state index in [0.717, 1.165) is 23.4 Å². The van der Waals surface area contributed by atoms with E-state index in [1.807, 2.05) is 31.1 Å². The first-order chi connectivity index (χ1) is 10.3. The molecule has 7 heteroatoms. The zero-order valence-corrected chi connectivity index (χ0v) is 13.0. The van der Waals surface area contributed by atoms with Crippen LogP contribution in [0.25, 0.3) is 0 Å². The normalized spacial score (nSPS) is 11.5. The van der Waals surface area contributed by atoms with E-state index >= 15 is 0 Å². The Morgan fingerprint density at radius 1 is 1.00 bits per heavy atom. The molecule has 2 aromatic rings. The van der Waals surface area contributed by atoms with Crippen molar-refractivity contribution >= 4 is 15.7 Å².